The molecule has 1 spiro atoms. The number of ether oxygens (including phenoxy) is 1. The van der Waals surface area contributed by atoms with Crippen LogP contribution in [0.15, 0.2) is 24.3 Å². The maximum Gasteiger partial charge on any atom is 0.341 e. The number of likely N-dealkylation sites (N-methyl/N-ethyl adjacent to an activating group) is 1. The first-order valence-electron chi connectivity index (χ1n) is 9.50. The fraction of sp³-hybridized carbons (Fsp3) is 0.600. The minimum absolute atomic E-state index is 0.00946. The number of likely N-dealkylation sites (tertiary alicyclic amines) is 1. The Labute approximate surface area is 160 Å². The van der Waals surface area contributed by atoms with Crippen LogP contribution in [-0.2, 0) is 16.1 Å². The minimum Gasteiger partial charge on any atom is -0.482 e. The van der Waals surface area contributed by atoms with Crippen molar-refractivity contribution in [3.05, 3.63) is 29.8 Å². The van der Waals surface area contributed by atoms with E-state index in [1.807, 2.05) is 36.2 Å². The van der Waals surface area contributed by atoms with Crippen LogP contribution in [0.5, 0.6) is 5.75 Å². The highest BCUT2D eigenvalue weighted by Gasteiger charge is 2.41. The third-order valence-corrected chi connectivity index (χ3v) is 5.94. The van der Waals surface area contributed by atoms with Crippen molar-refractivity contribution in [1.82, 2.24) is 14.7 Å². The maximum absolute atomic E-state index is 12.1. The molecule has 2 aliphatic heterocycles. The standard InChI is InChI=1S/C20H29N3O4/c1-21-10-9-20(8-7-18(21)24)15-23(12-11-22(20)2)13-16-5-3-4-6-17(16)27-14-19(25)26/h3-6H,7-15H2,1-2H3,(H,25,26). The molecule has 0 aromatic heterocycles. The molecule has 7 heteroatoms. The molecule has 3 rings (SSSR count). The van der Waals surface area contributed by atoms with Crippen molar-refractivity contribution in [1.29, 1.82) is 0 Å². The summed E-state index contributed by atoms with van der Waals surface area (Å²) in [4.78, 5) is 29.6. The molecule has 1 N–H and O–H groups in total. The summed E-state index contributed by atoms with van der Waals surface area (Å²) in [6.07, 6.45) is 2.44. The molecule has 148 valence electrons. The SMILES string of the molecule is CN1CCC2(CCC1=O)CN(Cc1ccccc1OCC(=O)O)CCN2C. The fourth-order valence-corrected chi connectivity index (χ4v) is 4.13. The van der Waals surface area contributed by atoms with Crippen molar-refractivity contribution in [3.8, 4) is 5.75 Å². The van der Waals surface area contributed by atoms with Gasteiger partial charge in [-0.25, -0.2) is 4.79 Å². The summed E-state index contributed by atoms with van der Waals surface area (Å²) < 4.78 is 5.46. The molecule has 2 heterocycles. The van der Waals surface area contributed by atoms with Gasteiger partial charge in [0.25, 0.3) is 0 Å². The Balaban J connectivity index is 1.72. The van der Waals surface area contributed by atoms with Gasteiger partial charge in [0.2, 0.25) is 5.91 Å². The number of carboxylic acid groups (broad SMARTS) is 1. The second-order valence-electron chi connectivity index (χ2n) is 7.71. The lowest BCUT2D eigenvalue weighted by molar-refractivity contribution is -0.139. The van der Waals surface area contributed by atoms with Crippen LogP contribution in [0.1, 0.15) is 24.8 Å². The van der Waals surface area contributed by atoms with Gasteiger partial charge in [-0.15, -0.1) is 0 Å². The zero-order chi connectivity index (χ0) is 19.4. The number of aliphatic carboxylic acids is 1. The predicted octanol–water partition coefficient (Wildman–Crippen LogP) is 1.28. The van der Waals surface area contributed by atoms with E-state index >= 15 is 0 Å². The Morgan fingerprint density at radius 2 is 1.96 bits per heavy atom. The molecule has 27 heavy (non-hydrogen) atoms. The van der Waals surface area contributed by atoms with Crippen molar-refractivity contribution in [3.63, 3.8) is 0 Å². The van der Waals surface area contributed by atoms with Crippen molar-refractivity contribution < 1.29 is 19.4 Å². The molecule has 1 aromatic rings. The summed E-state index contributed by atoms with van der Waals surface area (Å²) in [5.74, 6) is -0.121. The van der Waals surface area contributed by atoms with Crippen LogP contribution >= 0.6 is 0 Å². The van der Waals surface area contributed by atoms with E-state index in [0.29, 0.717) is 12.2 Å². The van der Waals surface area contributed by atoms with Gasteiger partial charge in [0, 0.05) is 57.3 Å². The van der Waals surface area contributed by atoms with E-state index in [-0.39, 0.29) is 18.1 Å². The first-order valence-corrected chi connectivity index (χ1v) is 9.50. The quantitative estimate of drug-likeness (QED) is 0.836. The van der Waals surface area contributed by atoms with Gasteiger partial charge in [-0.1, -0.05) is 18.2 Å². The molecular weight excluding hydrogens is 346 g/mol. The van der Waals surface area contributed by atoms with E-state index in [9.17, 15) is 9.59 Å². The van der Waals surface area contributed by atoms with Crippen LogP contribution in [0.4, 0.5) is 0 Å². The number of rotatable bonds is 5. The van der Waals surface area contributed by atoms with Gasteiger partial charge in [0.1, 0.15) is 5.75 Å². The third kappa shape index (κ3) is 4.59. The average Bonchev–Trinajstić information content (AvgIpc) is 2.79. The molecule has 1 amide bonds. The lowest BCUT2D eigenvalue weighted by Crippen LogP contribution is -2.60. The van der Waals surface area contributed by atoms with Crippen molar-refractivity contribution in [2.24, 2.45) is 0 Å². The normalized spacial score (nSPS) is 24.8. The van der Waals surface area contributed by atoms with Gasteiger partial charge in [0.05, 0.1) is 0 Å². The second-order valence-corrected chi connectivity index (χ2v) is 7.71. The Hall–Kier alpha value is -2.12. The molecule has 2 saturated heterocycles. The first-order chi connectivity index (χ1) is 12.9. The molecule has 0 bridgehead atoms. The zero-order valence-corrected chi connectivity index (χ0v) is 16.2. The number of hydrogen-bond donors (Lipinski definition) is 1. The number of nitrogens with zero attached hydrogens (tertiary/aromatic N) is 3. The highest BCUT2D eigenvalue weighted by molar-refractivity contribution is 5.76. The van der Waals surface area contributed by atoms with Gasteiger partial charge in [-0.05, 0) is 26.0 Å². The summed E-state index contributed by atoms with van der Waals surface area (Å²) in [6, 6.07) is 7.63. The Bertz CT molecular complexity index is 696. The highest BCUT2D eigenvalue weighted by Crippen LogP contribution is 2.33. The number of hydrogen-bond acceptors (Lipinski definition) is 5. The second kappa shape index (κ2) is 8.27. The molecule has 0 radical (unpaired) electrons. The van der Waals surface area contributed by atoms with Crippen LogP contribution in [0.25, 0.3) is 0 Å². The van der Waals surface area contributed by atoms with Crippen molar-refractivity contribution in [2.75, 3.05) is 46.9 Å². The molecule has 1 unspecified atom stereocenters. The Morgan fingerprint density at radius 3 is 2.74 bits per heavy atom. The molecule has 0 saturated carbocycles. The predicted molar refractivity (Wildman–Crippen MR) is 102 cm³/mol. The highest BCUT2D eigenvalue weighted by atomic mass is 16.5. The first kappa shape index (κ1) is 19.6. The summed E-state index contributed by atoms with van der Waals surface area (Å²) in [5.41, 5.74) is 1.01. The number of carboxylic acids is 1. The van der Waals surface area contributed by atoms with Gasteiger partial charge in [0.15, 0.2) is 6.61 Å². The van der Waals surface area contributed by atoms with Crippen molar-refractivity contribution in [2.45, 2.75) is 31.3 Å². The van der Waals surface area contributed by atoms with Crippen molar-refractivity contribution >= 4 is 11.9 Å². The summed E-state index contributed by atoms with van der Waals surface area (Å²) in [7, 11) is 4.05. The van der Waals surface area contributed by atoms with Crippen LogP contribution < -0.4 is 4.74 Å². The average molecular weight is 375 g/mol. The summed E-state index contributed by atoms with van der Waals surface area (Å²) >= 11 is 0. The number of carbonyl (C=O) groups is 2. The van der Waals surface area contributed by atoms with Crippen LogP contribution in [0.3, 0.4) is 0 Å². The maximum atomic E-state index is 12.1. The Morgan fingerprint density at radius 1 is 1.19 bits per heavy atom. The number of piperazine rings is 1. The van der Waals surface area contributed by atoms with Gasteiger partial charge >= 0.3 is 5.97 Å². The fourth-order valence-electron chi connectivity index (χ4n) is 4.13. The zero-order valence-electron chi connectivity index (χ0n) is 16.2. The van der Waals surface area contributed by atoms with Gasteiger partial charge in [-0.3, -0.25) is 14.6 Å². The lowest BCUT2D eigenvalue weighted by atomic mass is 9.86. The molecule has 1 aromatic carbocycles. The summed E-state index contributed by atoms with van der Waals surface area (Å²) in [5, 5.41) is 8.88. The molecule has 2 aliphatic rings. The Kier molecular flexibility index (Phi) is 6.01. The smallest absolute Gasteiger partial charge is 0.341 e. The molecule has 1 atom stereocenters. The summed E-state index contributed by atoms with van der Waals surface area (Å²) in [6.45, 7) is 3.96. The van der Waals surface area contributed by atoms with Crippen LogP contribution in [-0.4, -0.2) is 84.1 Å². The number of para-hydroxylation sites is 1. The monoisotopic (exact) mass is 375 g/mol. The topological polar surface area (TPSA) is 73.3 Å². The van der Waals surface area contributed by atoms with Crippen LogP contribution in [0, 0.1) is 0 Å². The number of benzene rings is 1. The number of carbonyl (C=O) groups excluding carboxylic acids is 1. The van der Waals surface area contributed by atoms with E-state index in [2.05, 4.69) is 16.8 Å². The third-order valence-electron chi connectivity index (χ3n) is 5.94. The largest absolute Gasteiger partial charge is 0.482 e. The molecular formula is C20H29N3O4. The number of amides is 1. The molecule has 2 fully saturated rings. The van der Waals surface area contributed by atoms with Crippen LogP contribution in [0.2, 0.25) is 0 Å². The van der Waals surface area contributed by atoms with E-state index in [1.54, 1.807) is 0 Å². The van der Waals surface area contributed by atoms with Gasteiger partial charge < -0.3 is 14.7 Å². The van der Waals surface area contributed by atoms with E-state index < -0.39 is 5.97 Å². The molecule has 0 aliphatic carbocycles. The van der Waals surface area contributed by atoms with E-state index in [1.165, 1.54) is 0 Å². The van der Waals surface area contributed by atoms with E-state index in [0.717, 1.165) is 51.1 Å². The lowest BCUT2D eigenvalue weighted by Gasteiger charge is -2.49. The van der Waals surface area contributed by atoms with Gasteiger partial charge in [-0.2, -0.15) is 0 Å². The minimum atomic E-state index is -0.976. The van der Waals surface area contributed by atoms with E-state index in [4.69, 9.17) is 9.84 Å². The molecule has 7 nitrogen and oxygen atoms in total.